The van der Waals surface area contributed by atoms with Crippen molar-refractivity contribution < 1.29 is 63.1 Å². The molecule has 2 amide bonds. The maximum absolute atomic E-state index is 13.9. The van der Waals surface area contributed by atoms with Gasteiger partial charge in [0.05, 0.1) is 23.2 Å². The number of ether oxygens (including phenoxy) is 2. The second kappa shape index (κ2) is 14.9. The number of halogens is 1. The second-order valence-electron chi connectivity index (χ2n) is 13.4. The third kappa shape index (κ3) is 7.32. The van der Waals surface area contributed by atoms with Crippen molar-refractivity contribution in [2.75, 3.05) is 11.5 Å². The van der Waals surface area contributed by atoms with Crippen molar-refractivity contribution in [3.05, 3.63) is 98.2 Å². The Balaban J connectivity index is 0.00000520. The first-order chi connectivity index (χ1) is 22.2. The summed E-state index contributed by atoms with van der Waals surface area (Å²) in [6, 6.07) is 16.2. The Labute approximate surface area is 322 Å². The number of carbonyl (C=O) groups is 2. The molecule has 3 aromatic carbocycles. The van der Waals surface area contributed by atoms with E-state index >= 15 is 0 Å². The molecule has 0 saturated carbocycles. The van der Waals surface area contributed by atoms with Crippen LogP contribution in [-0.2, 0) is 26.9 Å². The minimum absolute atomic E-state index is 0. The van der Waals surface area contributed by atoms with E-state index in [4.69, 9.17) is 26.8 Å². The molecule has 1 aliphatic rings. The van der Waals surface area contributed by atoms with Gasteiger partial charge in [0.15, 0.2) is 5.82 Å². The SMILES string of the molecule is CCC(C)(C)c1ccc(OCCCn2c(C3OC(=O)N(c4ccccc4C)C3=O)nc3c([NH-])cc(Cl)cc3c2=O)c(C(C)(C)CC)c1.[Ac]. The van der Waals surface area contributed by atoms with Crippen LogP contribution >= 0.6 is 11.6 Å². The molecule has 1 radical (unpaired) electrons. The number of benzene rings is 3. The number of nitrogens with zero attached hydrogens (tertiary/aromatic N) is 3. The van der Waals surface area contributed by atoms with Crippen LogP contribution < -0.4 is 15.2 Å². The van der Waals surface area contributed by atoms with Gasteiger partial charge in [0.1, 0.15) is 5.75 Å². The second-order valence-corrected chi connectivity index (χ2v) is 13.8. The topological polar surface area (TPSA) is 115 Å². The van der Waals surface area contributed by atoms with E-state index in [2.05, 4.69) is 58.7 Å². The average molecular weight is 885 g/mol. The smallest absolute Gasteiger partial charge is 0.422 e. The minimum atomic E-state index is -1.47. The van der Waals surface area contributed by atoms with E-state index in [1.165, 1.54) is 22.3 Å². The number of hydrogen-bond acceptors (Lipinski definition) is 6. The van der Waals surface area contributed by atoms with E-state index in [9.17, 15) is 14.4 Å². The van der Waals surface area contributed by atoms with Crippen molar-refractivity contribution in [3.63, 3.8) is 0 Å². The van der Waals surface area contributed by atoms with Crippen molar-refractivity contribution >= 4 is 45.9 Å². The quantitative estimate of drug-likeness (QED) is 0.139. The van der Waals surface area contributed by atoms with Gasteiger partial charge in [-0.3, -0.25) is 14.2 Å². The predicted octanol–water partition coefficient (Wildman–Crippen LogP) is 9.11. The fraction of sp³-hybridized carbons (Fsp3) is 0.405. The third-order valence-electron chi connectivity index (χ3n) is 9.53. The molecule has 2 heterocycles. The normalized spacial score (nSPS) is 15.1. The van der Waals surface area contributed by atoms with Crippen LogP contribution in [0.4, 0.5) is 16.2 Å². The summed E-state index contributed by atoms with van der Waals surface area (Å²) in [7, 11) is 0. The van der Waals surface area contributed by atoms with E-state index in [0.717, 1.165) is 29.1 Å². The van der Waals surface area contributed by atoms with Crippen LogP contribution in [0.25, 0.3) is 16.6 Å². The predicted molar refractivity (Wildman–Crippen MR) is 186 cm³/mol. The van der Waals surface area contributed by atoms with Gasteiger partial charge in [-0.1, -0.05) is 89.5 Å². The van der Waals surface area contributed by atoms with Gasteiger partial charge in [0.25, 0.3) is 11.5 Å². The number of fused-ring (bicyclic) bond motifs is 1. The van der Waals surface area contributed by atoms with Gasteiger partial charge in [-0.25, -0.2) is 14.7 Å². The fourth-order valence-corrected chi connectivity index (χ4v) is 5.95. The van der Waals surface area contributed by atoms with E-state index in [1.54, 1.807) is 31.2 Å². The molecule has 0 aliphatic carbocycles. The monoisotopic (exact) mass is 884 g/mol. The number of imide groups is 1. The number of amides is 2. The molecule has 0 bridgehead atoms. The zero-order valence-electron chi connectivity index (χ0n) is 28.6. The molecule has 5 rings (SSSR count). The van der Waals surface area contributed by atoms with Gasteiger partial charge in [-0.2, -0.15) is 0 Å². The number of carbonyl (C=O) groups excluding carboxylic acids is 2. The summed E-state index contributed by atoms with van der Waals surface area (Å²) in [6.45, 7) is 15.4. The molecular weight excluding hydrogens is 843 g/mol. The van der Waals surface area contributed by atoms with Crippen LogP contribution in [0.5, 0.6) is 5.75 Å². The summed E-state index contributed by atoms with van der Waals surface area (Å²) in [4.78, 5) is 46.3. The molecule has 1 unspecified atom stereocenters. The Kier molecular flexibility index (Phi) is 11.8. The summed E-state index contributed by atoms with van der Waals surface area (Å²) >= 11 is 6.22. The van der Waals surface area contributed by atoms with E-state index in [-0.39, 0.29) is 95.5 Å². The summed E-state index contributed by atoms with van der Waals surface area (Å²) in [5.74, 6) is 0.0744. The van der Waals surface area contributed by atoms with Gasteiger partial charge in [-0.05, 0) is 66.3 Å². The van der Waals surface area contributed by atoms with Crippen molar-refractivity contribution in [1.82, 2.24) is 9.55 Å². The largest absolute Gasteiger partial charge is 0.697 e. The molecule has 1 fully saturated rings. The number of cyclic esters (lactones) is 1. The Morgan fingerprint density at radius 1 is 0.979 bits per heavy atom. The first kappa shape index (κ1) is 37.9. The van der Waals surface area contributed by atoms with Crippen LogP contribution in [0.3, 0.4) is 0 Å². The summed E-state index contributed by atoms with van der Waals surface area (Å²) in [5, 5.41) is 0.361. The van der Waals surface area contributed by atoms with Gasteiger partial charge in [0, 0.05) is 61.2 Å². The van der Waals surface area contributed by atoms with Gasteiger partial charge >= 0.3 is 6.09 Å². The summed E-state index contributed by atoms with van der Waals surface area (Å²) in [6.07, 6.45) is -0.0124. The molecule has 1 aliphatic heterocycles. The molecular formula is C37H42AcClN4O5-. The molecule has 11 heteroatoms. The Bertz CT molecular complexity index is 1920. The van der Waals surface area contributed by atoms with Crippen LogP contribution in [0.1, 0.15) is 89.4 Å². The van der Waals surface area contributed by atoms with E-state index < -0.39 is 23.7 Å². The van der Waals surface area contributed by atoms with Crippen LogP contribution in [0.2, 0.25) is 5.02 Å². The van der Waals surface area contributed by atoms with Crippen LogP contribution in [0, 0.1) is 51.0 Å². The Morgan fingerprint density at radius 2 is 1.67 bits per heavy atom. The minimum Gasteiger partial charge on any atom is -0.697 e. The molecule has 251 valence electrons. The number of para-hydroxylation sites is 1. The number of aryl methyl sites for hydroxylation is 1. The van der Waals surface area contributed by atoms with Crippen molar-refractivity contribution in [3.8, 4) is 5.75 Å². The summed E-state index contributed by atoms with van der Waals surface area (Å²) < 4.78 is 13.3. The first-order valence-electron chi connectivity index (χ1n) is 16.0. The third-order valence-corrected chi connectivity index (χ3v) is 9.75. The van der Waals surface area contributed by atoms with Gasteiger partial charge in [-0.15, -0.1) is 5.69 Å². The number of anilines is 1. The molecule has 0 spiro atoms. The molecule has 1 saturated heterocycles. The zero-order chi connectivity index (χ0) is 34.3. The Morgan fingerprint density at radius 3 is 2.33 bits per heavy atom. The summed E-state index contributed by atoms with van der Waals surface area (Å²) in [5.41, 5.74) is 11.3. The number of rotatable bonds is 11. The van der Waals surface area contributed by atoms with Crippen LogP contribution in [-0.4, -0.2) is 28.2 Å². The van der Waals surface area contributed by atoms with Gasteiger partial charge in [0.2, 0.25) is 6.10 Å². The number of hydrogen-bond donors (Lipinski definition) is 0. The van der Waals surface area contributed by atoms with Crippen molar-refractivity contribution in [1.29, 1.82) is 0 Å². The van der Waals surface area contributed by atoms with E-state index in [1.807, 2.05) is 6.07 Å². The average Bonchev–Trinajstić information content (AvgIpc) is 3.33. The molecule has 1 N–H and O–H groups in total. The number of aromatic nitrogens is 2. The maximum Gasteiger partial charge on any atom is 0.422 e. The first-order valence-corrected chi connectivity index (χ1v) is 16.4. The number of nitrogens with one attached hydrogen (secondary N) is 1. The van der Waals surface area contributed by atoms with Crippen LogP contribution in [0.15, 0.2) is 59.4 Å². The molecule has 1 aromatic heterocycles. The zero-order valence-corrected chi connectivity index (χ0v) is 34.1. The molecule has 9 nitrogen and oxygen atoms in total. The molecule has 1 atom stereocenters. The van der Waals surface area contributed by atoms with Gasteiger partial charge < -0.3 is 15.2 Å². The van der Waals surface area contributed by atoms with Crippen molar-refractivity contribution in [2.45, 2.75) is 91.2 Å². The molecule has 48 heavy (non-hydrogen) atoms. The van der Waals surface area contributed by atoms with E-state index in [0.29, 0.717) is 17.7 Å². The molecule has 4 aromatic rings. The standard InChI is InChI=1S/C37H42ClN4O5.Ac/c1-8-36(4,5)23-15-16-29(26(19-23)37(6,7)9-2)46-18-12-17-41-32(40-30-25(33(41)43)20-24(38)21-27(30)39)31-34(44)42(35(45)47-31)28-14-11-10-13-22(28)3;/h10-11,13-16,19-21,31,39H,8-9,12,17-18H2,1-7H3;/q-1;. The maximum atomic E-state index is 13.9. The van der Waals surface area contributed by atoms with Crippen molar-refractivity contribution in [2.24, 2.45) is 0 Å². The fourth-order valence-electron chi connectivity index (χ4n) is 5.73. The Hall–Kier alpha value is -2.93.